The molecule has 0 saturated carbocycles. The van der Waals surface area contributed by atoms with Crippen molar-refractivity contribution in [2.45, 2.75) is 13.5 Å². The maximum Gasteiger partial charge on any atom is 0.132 e. The summed E-state index contributed by atoms with van der Waals surface area (Å²) in [4.78, 5) is 6.78. The number of benzene rings is 1. The molecule has 0 saturated heterocycles. The number of methoxy groups -OCH3 is 1. The zero-order valence-corrected chi connectivity index (χ0v) is 12.7. The van der Waals surface area contributed by atoms with E-state index in [1.165, 1.54) is 11.3 Å². The second-order valence-electron chi connectivity index (χ2n) is 4.77. The molecule has 1 heterocycles. The third-order valence-corrected chi connectivity index (χ3v) is 3.28. The Balaban J connectivity index is 2.00. The number of rotatable bonds is 8. The number of ether oxygens (including phenoxy) is 1. The van der Waals surface area contributed by atoms with E-state index in [4.69, 9.17) is 4.74 Å². The summed E-state index contributed by atoms with van der Waals surface area (Å²) in [5.74, 6) is 0.976. The van der Waals surface area contributed by atoms with Crippen LogP contribution in [0.15, 0.2) is 48.7 Å². The standard InChI is InChI=1S/C17H23N3O/c1-3-20(16-7-5-4-6-8-16)17-10-9-15(14-19-17)13-18-11-12-21-2/h4-10,14,18H,3,11-13H2,1-2H3. The highest BCUT2D eigenvalue weighted by molar-refractivity contribution is 5.59. The molecule has 0 aliphatic heterocycles. The summed E-state index contributed by atoms with van der Waals surface area (Å²) in [5.41, 5.74) is 2.34. The van der Waals surface area contributed by atoms with Crippen LogP contribution in [0.2, 0.25) is 0 Å². The number of anilines is 2. The van der Waals surface area contributed by atoms with Crippen LogP contribution in [0.25, 0.3) is 0 Å². The van der Waals surface area contributed by atoms with E-state index in [1.54, 1.807) is 7.11 Å². The summed E-state index contributed by atoms with van der Waals surface area (Å²) in [6, 6.07) is 14.5. The van der Waals surface area contributed by atoms with Crippen molar-refractivity contribution >= 4 is 11.5 Å². The Kier molecular flexibility index (Phi) is 6.19. The topological polar surface area (TPSA) is 37.4 Å². The Morgan fingerprint density at radius 3 is 2.57 bits per heavy atom. The van der Waals surface area contributed by atoms with Gasteiger partial charge in [0.2, 0.25) is 0 Å². The van der Waals surface area contributed by atoms with E-state index < -0.39 is 0 Å². The summed E-state index contributed by atoms with van der Waals surface area (Å²) in [6.45, 7) is 5.41. The van der Waals surface area contributed by atoms with Gasteiger partial charge in [0.1, 0.15) is 5.82 Å². The number of aromatic nitrogens is 1. The van der Waals surface area contributed by atoms with E-state index in [0.717, 1.165) is 32.1 Å². The van der Waals surface area contributed by atoms with Crippen molar-refractivity contribution in [2.75, 3.05) is 31.7 Å². The fraction of sp³-hybridized carbons (Fsp3) is 0.353. The second kappa shape index (κ2) is 8.39. The first-order valence-corrected chi connectivity index (χ1v) is 7.32. The van der Waals surface area contributed by atoms with Crippen molar-refractivity contribution in [3.05, 3.63) is 54.2 Å². The maximum atomic E-state index is 5.01. The van der Waals surface area contributed by atoms with Gasteiger partial charge in [-0.05, 0) is 30.7 Å². The number of hydrogen-bond donors (Lipinski definition) is 1. The van der Waals surface area contributed by atoms with E-state index >= 15 is 0 Å². The molecule has 112 valence electrons. The van der Waals surface area contributed by atoms with Gasteiger partial charge in [0, 0.05) is 38.6 Å². The lowest BCUT2D eigenvalue weighted by Gasteiger charge is -2.22. The maximum absolute atomic E-state index is 5.01. The Morgan fingerprint density at radius 1 is 1.14 bits per heavy atom. The van der Waals surface area contributed by atoms with Gasteiger partial charge in [0.05, 0.1) is 6.61 Å². The third kappa shape index (κ3) is 4.55. The number of para-hydroxylation sites is 1. The Hall–Kier alpha value is -1.91. The Labute approximate surface area is 126 Å². The fourth-order valence-electron chi connectivity index (χ4n) is 2.17. The molecular formula is C17H23N3O. The van der Waals surface area contributed by atoms with Crippen LogP contribution in [0.4, 0.5) is 11.5 Å². The van der Waals surface area contributed by atoms with Gasteiger partial charge >= 0.3 is 0 Å². The van der Waals surface area contributed by atoms with E-state index in [2.05, 4.69) is 46.4 Å². The predicted octanol–water partition coefficient (Wildman–Crippen LogP) is 2.98. The van der Waals surface area contributed by atoms with E-state index in [9.17, 15) is 0 Å². The second-order valence-corrected chi connectivity index (χ2v) is 4.77. The van der Waals surface area contributed by atoms with Crippen LogP contribution in [-0.4, -0.2) is 31.8 Å². The molecule has 0 bridgehead atoms. The largest absolute Gasteiger partial charge is 0.383 e. The number of nitrogens with zero attached hydrogens (tertiary/aromatic N) is 2. The quantitative estimate of drug-likeness (QED) is 0.757. The van der Waals surface area contributed by atoms with Crippen molar-refractivity contribution < 1.29 is 4.74 Å². The normalized spacial score (nSPS) is 10.6. The van der Waals surface area contributed by atoms with Crippen molar-refractivity contribution in [3.8, 4) is 0 Å². The van der Waals surface area contributed by atoms with Crippen molar-refractivity contribution in [3.63, 3.8) is 0 Å². The van der Waals surface area contributed by atoms with Crippen molar-refractivity contribution in [1.29, 1.82) is 0 Å². The SMILES string of the molecule is CCN(c1ccccc1)c1ccc(CNCCOC)cn1. The smallest absolute Gasteiger partial charge is 0.132 e. The molecule has 1 aromatic carbocycles. The molecule has 0 atom stereocenters. The molecule has 2 rings (SSSR count). The molecule has 2 aromatic rings. The van der Waals surface area contributed by atoms with Gasteiger partial charge in [-0.2, -0.15) is 0 Å². The van der Waals surface area contributed by atoms with Gasteiger partial charge in [0.15, 0.2) is 0 Å². The van der Waals surface area contributed by atoms with Gasteiger partial charge in [-0.25, -0.2) is 4.98 Å². The molecule has 1 N–H and O–H groups in total. The zero-order valence-electron chi connectivity index (χ0n) is 12.7. The molecule has 21 heavy (non-hydrogen) atoms. The molecule has 0 aliphatic rings. The summed E-state index contributed by atoms with van der Waals surface area (Å²) < 4.78 is 5.01. The van der Waals surface area contributed by atoms with Gasteiger partial charge in [-0.3, -0.25) is 0 Å². The van der Waals surface area contributed by atoms with Crippen LogP contribution >= 0.6 is 0 Å². The lowest BCUT2D eigenvalue weighted by Crippen LogP contribution is -2.19. The highest BCUT2D eigenvalue weighted by Gasteiger charge is 2.07. The summed E-state index contributed by atoms with van der Waals surface area (Å²) in [6.07, 6.45) is 1.93. The average molecular weight is 285 g/mol. The third-order valence-electron chi connectivity index (χ3n) is 3.28. The molecular weight excluding hydrogens is 262 g/mol. The van der Waals surface area contributed by atoms with Gasteiger partial charge in [-0.1, -0.05) is 24.3 Å². The molecule has 4 heteroatoms. The molecule has 0 unspecified atom stereocenters. The Bertz CT molecular complexity index is 513. The minimum atomic E-state index is 0.725. The van der Waals surface area contributed by atoms with Gasteiger partial charge in [-0.15, -0.1) is 0 Å². The lowest BCUT2D eigenvalue weighted by atomic mass is 10.2. The first-order valence-electron chi connectivity index (χ1n) is 7.32. The van der Waals surface area contributed by atoms with Gasteiger partial charge in [0.25, 0.3) is 0 Å². The molecule has 0 amide bonds. The van der Waals surface area contributed by atoms with Crippen molar-refractivity contribution in [1.82, 2.24) is 10.3 Å². The van der Waals surface area contributed by atoms with Crippen molar-refractivity contribution in [2.24, 2.45) is 0 Å². The lowest BCUT2D eigenvalue weighted by molar-refractivity contribution is 0.199. The van der Waals surface area contributed by atoms with Crippen LogP contribution in [0.1, 0.15) is 12.5 Å². The molecule has 4 nitrogen and oxygen atoms in total. The first kappa shape index (κ1) is 15.5. The summed E-state index contributed by atoms with van der Waals surface area (Å²) in [7, 11) is 1.71. The van der Waals surface area contributed by atoms with Crippen LogP contribution in [-0.2, 0) is 11.3 Å². The molecule has 0 fully saturated rings. The molecule has 0 radical (unpaired) electrons. The van der Waals surface area contributed by atoms with Crippen LogP contribution in [0, 0.1) is 0 Å². The van der Waals surface area contributed by atoms with E-state index in [1.807, 2.05) is 24.4 Å². The minimum absolute atomic E-state index is 0.725. The average Bonchev–Trinajstić information content (AvgIpc) is 2.55. The summed E-state index contributed by atoms with van der Waals surface area (Å²) in [5, 5.41) is 3.32. The van der Waals surface area contributed by atoms with Crippen LogP contribution in [0.5, 0.6) is 0 Å². The predicted molar refractivity (Wildman–Crippen MR) is 86.9 cm³/mol. The highest BCUT2D eigenvalue weighted by atomic mass is 16.5. The highest BCUT2D eigenvalue weighted by Crippen LogP contribution is 2.22. The van der Waals surface area contributed by atoms with E-state index in [0.29, 0.717) is 0 Å². The number of hydrogen-bond acceptors (Lipinski definition) is 4. The summed E-state index contributed by atoms with van der Waals surface area (Å²) >= 11 is 0. The monoisotopic (exact) mass is 285 g/mol. The number of pyridine rings is 1. The zero-order chi connectivity index (χ0) is 14.9. The first-order chi connectivity index (χ1) is 10.3. The minimum Gasteiger partial charge on any atom is -0.383 e. The Morgan fingerprint density at radius 2 is 1.95 bits per heavy atom. The number of nitrogens with one attached hydrogen (secondary N) is 1. The van der Waals surface area contributed by atoms with E-state index in [-0.39, 0.29) is 0 Å². The molecule has 0 spiro atoms. The molecule has 0 aliphatic carbocycles. The van der Waals surface area contributed by atoms with Gasteiger partial charge < -0.3 is 15.0 Å². The fourth-order valence-corrected chi connectivity index (χ4v) is 2.17. The van der Waals surface area contributed by atoms with Crippen LogP contribution < -0.4 is 10.2 Å². The molecule has 1 aromatic heterocycles. The van der Waals surface area contributed by atoms with Crippen LogP contribution in [0.3, 0.4) is 0 Å².